The first-order valence-electron chi connectivity index (χ1n) is 6.23. The van der Waals surface area contributed by atoms with Crippen LogP contribution in [-0.4, -0.2) is 50.8 Å². The van der Waals surface area contributed by atoms with Gasteiger partial charge < -0.3 is 20.1 Å². The summed E-state index contributed by atoms with van der Waals surface area (Å²) in [5.41, 5.74) is 5.55. The molecule has 0 fully saturated rings. The average Bonchev–Trinajstić information content (AvgIpc) is 2.93. The van der Waals surface area contributed by atoms with E-state index in [1.54, 1.807) is 30.5 Å². The Morgan fingerprint density at radius 3 is 2.84 bits per heavy atom. The zero-order chi connectivity index (χ0) is 14.1. The van der Waals surface area contributed by atoms with Crippen LogP contribution in [0.25, 0.3) is 0 Å². The summed E-state index contributed by atoms with van der Waals surface area (Å²) in [6.07, 6.45) is 0.0862. The van der Waals surface area contributed by atoms with Gasteiger partial charge in [-0.3, -0.25) is 4.79 Å². The number of nitrogens with two attached hydrogens (primary N) is 1. The molecule has 19 heavy (non-hydrogen) atoms. The molecule has 0 spiro atoms. The maximum Gasteiger partial charge on any atom is 0.225 e. The molecule has 0 aliphatic carbocycles. The molecule has 6 heteroatoms. The Bertz CT molecular complexity index is 353. The van der Waals surface area contributed by atoms with E-state index in [9.17, 15) is 4.79 Å². The van der Waals surface area contributed by atoms with Gasteiger partial charge in [0, 0.05) is 32.2 Å². The van der Waals surface area contributed by atoms with Crippen molar-refractivity contribution in [2.45, 2.75) is 19.1 Å². The van der Waals surface area contributed by atoms with Crippen LogP contribution >= 0.6 is 11.3 Å². The first-order valence-corrected chi connectivity index (χ1v) is 7.11. The van der Waals surface area contributed by atoms with Gasteiger partial charge in [-0.05, 0) is 11.4 Å². The summed E-state index contributed by atoms with van der Waals surface area (Å²) in [6.45, 7) is 2.06. The van der Waals surface area contributed by atoms with Gasteiger partial charge in [0.2, 0.25) is 5.91 Å². The van der Waals surface area contributed by atoms with Crippen molar-refractivity contribution >= 4 is 17.2 Å². The SMILES string of the molecule is COCCN(Cc1cccs1)C(=O)CC(CN)OC. The van der Waals surface area contributed by atoms with E-state index >= 15 is 0 Å². The molecule has 0 saturated heterocycles. The molecule has 1 amide bonds. The van der Waals surface area contributed by atoms with Gasteiger partial charge in [-0.15, -0.1) is 11.3 Å². The van der Waals surface area contributed by atoms with Crippen molar-refractivity contribution in [3.8, 4) is 0 Å². The highest BCUT2D eigenvalue weighted by Crippen LogP contribution is 2.13. The molecule has 1 unspecified atom stereocenters. The number of carbonyl (C=O) groups is 1. The summed E-state index contributed by atoms with van der Waals surface area (Å²) in [6, 6.07) is 4.01. The minimum atomic E-state index is -0.221. The predicted molar refractivity (Wildman–Crippen MR) is 76.1 cm³/mol. The lowest BCUT2D eigenvalue weighted by molar-refractivity contribution is -0.134. The van der Waals surface area contributed by atoms with Gasteiger partial charge in [0.15, 0.2) is 0 Å². The van der Waals surface area contributed by atoms with E-state index < -0.39 is 0 Å². The standard InChI is InChI=1S/C13H22N2O3S/c1-17-6-5-15(10-12-4-3-7-19-12)13(16)8-11(9-14)18-2/h3-4,7,11H,5-6,8-10,14H2,1-2H3. The van der Waals surface area contributed by atoms with Crippen molar-refractivity contribution in [3.63, 3.8) is 0 Å². The smallest absolute Gasteiger partial charge is 0.225 e. The average molecular weight is 286 g/mol. The van der Waals surface area contributed by atoms with Crippen LogP contribution in [0.4, 0.5) is 0 Å². The summed E-state index contributed by atoms with van der Waals surface area (Å²) < 4.78 is 10.2. The molecule has 0 aliphatic heterocycles. The van der Waals surface area contributed by atoms with Gasteiger partial charge in [0.05, 0.1) is 25.7 Å². The Hall–Kier alpha value is -0.950. The molecule has 5 nitrogen and oxygen atoms in total. The highest BCUT2D eigenvalue weighted by molar-refractivity contribution is 7.09. The van der Waals surface area contributed by atoms with Crippen molar-refractivity contribution in [2.75, 3.05) is 33.9 Å². The molecular weight excluding hydrogens is 264 g/mol. The van der Waals surface area contributed by atoms with Crippen LogP contribution in [0.15, 0.2) is 17.5 Å². The molecule has 1 aromatic rings. The van der Waals surface area contributed by atoms with Crippen molar-refractivity contribution in [3.05, 3.63) is 22.4 Å². The summed E-state index contributed by atoms with van der Waals surface area (Å²) in [5.74, 6) is 0.0442. The third-order valence-electron chi connectivity index (χ3n) is 2.84. The van der Waals surface area contributed by atoms with Gasteiger partial charge in [-0.1, -0.05) is 6.07 Å². The van der Waals surface area contributed by atoms with Gasteiger partial charge in [-0.2, -0.15) is 0 Å². The number of hydrogen-bond acceptors (Lipinski definition) is 5. The molecule has 1 rings (SSSR count). The fourth-order valence-electron chi connectivity index (χ4n) is 1.67. The van der Waals surface area contributed by atoms with E-state index in [-0.39, 0.29) is 12.0 Å². The van der Waals surface area contributed by atoms with Gasteiger partial charge in [0.1, 0.15) is 0 Å². The molecular formula is C13H22N2O3S. The molecule has 1 heterocycles. The zero-order valence-corrected chi connectivity index (χ0v) is 12.3. The highest BCUT2D eigenvalue weighted by Gasteiger charge is 2.18. The summed E-state index contributed by atoms with van der Waals surface area (Å²) >= 11 is 1.64. The summed E-state index contributed by atoms with van der Waals surface area (Å²) in [4.78, 5) is 15.2. The molecule has 0 aliphatic rings. The third-order valence-corrected chi connectivity index (χ3v) is 3.70. The zero-order valence-electron chi connectivity index (χ0n) is 11.5. The van der Waals surface area contributed by atoms with Crippen LogP contribution in [0.2, 0.25) is 0 Å². The largest absolute Gasteiger partial charge is 0.383 e. The molecule has 0 aromatic carbocycles. The predicted octanol–water partition coefficient (Wildman–Crippen LogP) is 1.09. The maximum atomic E-state index is 12.2. The Morgan fingerprint density at radius 2 is 2.32 bits per heavy atom. The molecule has 1 atom stereocenters. The van der Waals surface area contributed by atoms with Crippen LogP contribution in [0, 0.1) is 0 Å². The van der Waals surface area contributed by atoms with Crippen molar-refractivity contribution in [1.29, 1.82) is 0 Å². The minimum absolute atomic E-state index is 0.0442. The molecule has 0 radical (unpaired) electrons. The number of amides is 1. The Balaban J connectivity index is 2.58. The second-order valence-electron chi connectivity index (χ2n) is 4.18. The summed E-state index contributed by atoms with van der Waals surface area (Å²) in [7, 11) is 3.20. The number of hydrogen-bond donors (Lipinski definition) is 1. The number of rotatable bonds is 9. The second kappa shape index (κ2) is 9.03. The van der Waals surface area contributed by atoms with Crippen molar-refractivity contribution in [1.82, 2.24) is 4.90 Å². The molecule has 108 valence electrons. The fourth-order valence-corrected chi connectivity index (χ4v) is 2.39. The van der Waals surface area contributed by atoms with Crippen molar-refractivity contribution < 1.29 is 14.3 Å². The Morgan fingerprint density at radius 1 is 1.53 bits per heavy atom. The molecule has 0 bridgehead atoms. The quantitative estimate of drug-likeness (QED) is 0.738. The normalized spacial score (nSPS) is 12.4. The number of ether oxygens (including phenoxy) is 2. The molecule has 2 N–H and O–H groups in total. The van der Waals surface area contributed by atoms with E-state index in [4.69, 9.17) is 15.2 Å². The van der Waals surface area contributed by atoms with Crippen LogP contribution < -0.4 is 5.73 Å². The lowest BCUT2D eigenvalue weighted by Gasteiger charge is -2.23. The van der Waals surface area contributed by atoms with E-state index in [0.717, 1.165) is 4.88 Å². The van der Waals surface area contributed by atoms with Crippen LogP contribution in [-0.2, 0) is 20.8 Å². The highest BCUT2D eigenvalue weighted by atomic mass is 32.1. The minimum Gasteiger partial charge on any atom is -0.383 e. The number of methoxy groups -OCH3 is 2. The van der Waals surface area contributed by atoms with E-state index in [0.29, 0.717) is 32.7 Å². The van der Waals surface area contributed by atoms with Gasteiger partial charge >= 0.3 is 0 Å². The van der Waals surface area contributed by atoms with Crippen molar-refractivity contribution in [2.24, 2.45) is 5.73 Å². The number of thiophene rings is 1. The monoisotopic (exact) mass is 286 g/mol. The van der Waals surface area contributed by atoms with E-state index in [1.807, 2.05) is 17.5 Å². The van der Waals surface area contributed by atoms with Crippen LogP contribution in [0.3, 0.4) is 0 Å². The lowest BCUT2D eigenvalue weighted by Crippen LogP contribution is -2.37. The Labute approximate surface area is 118 Å². The first-order chi connectivity index (χ1) is 9.21. The maximum absolute atomic E-state index is 12.2. The van der Waals surface area contributed by atoms with E-state index in [2.05, 4.69) is 0 Å². The Kier molecular flexibility index (Phi) is 7.66. The van der Waals surface area contributed by atoms with E-state index in [1.165, 1.54) is 0 Å². The second-order valence-corrected chi connectivity index (χ2v) is 5.22. The fraction of sp³-hybridized carbons (Fsp3) is 0.615. The van der Waals surface area contributed by atoms with Crippen LogP contribution in [0.5, 0.6) is 0 Å². The number of nitrogens with zero attached hydrogens (tertiary/aromatic N) is 1. The topological polar surface area (TPSA) is 64.8 Å². The van der Waals surface area contributed by atoms with Crippen LogP contribution in [0.1, 0.15) is 11.3 Å². The van der Waals surface area contributed by atoms with Gasteiger partial charge in [0.25, 0.3) is 0 Å². The number of carbonyl (C=O) groups excluding carboxylic acids is 1. The summed E-state index contributed by atoms with van der Waals surface area (Å²) in [5, 5.41) is 2.01. The molecule has 0 saturated carbocycles. The third kappa shape index (κ3) is 5.69. The lowest BCUT2D eigenvalue weighted by atomic mass is 10.2. The molecule has 1 aromatic heterocycles. The first kappa shape index (κ1) is 16.1. The van der Waals surface area contributed by atoms with Gasteiger partial charge in [-0.25, -0.2) is 0 Å².